The van der Waals surface area contributed by atoms with Crippen molar-refractivity contribution in [3.63, 3.8) is 0 Å². The zero-order chi connectivity index (χ0) is 21.1. The number of aryl methyl sites for hydroxylation is 1. The maximum Gasteiger partial charge on any atom is 0.243 e. The number of nitrogens with one attached hydrogen (secondary N) is 1. The number of hydrogen-bond acceptors (Lipinski definition) is 5. The molecule has 0 radical (unpaired) electrons. The molecule has 0 saturated carbocycles. The minimum absolute atomic E-state index is 0.116. The summed E-state index contributed by atoms with van der Waals surface area (Å²) in [7, 11) is -1.95. The summed E-state index contributed by atoms with van der Waals surface area (Å²) in [6.45, 7) is 0.302. The molecule has 0 fully saturated rings. The van der Waals surface area contributed by atoms with E-state index in [9.17, 15) is 13.2 Å². The first-order valence-corrected chi connectivity index (χ1v) is 11.2. The predicted molar refractivity (Wildman–Crippen MR) is 112 cm³/mol. The Morgan fingerprint density at radius 1 is 1.20 bits per heavy atom. The molecule has 1 atom stereocenters. The third kappa shape index (κ3) is 4.44. The van der Waals surface area contributed by atoms with Gasteiger partial charge in [0.2, 0.25) is 10.0 Å². The van der Waals surface area contributed by atoms with Gasteiger partial charge < -0.3 is 4.74 Å². The molecular weight excluding hydrogens is 402 g/mol. The monoisotopic (exact) mass is 425 g/mol. The molecule has 1 unspecified atom stereocenters. The molecule has 7 nitrogen and oxygen atoms in total. The van der Waals surface area contributed by atoms with Crippen molar-refractivity contribution in [3.05, 3.63) is 77.6 Å². The lowest BCUT2D eigenvalue weighted by Gasteiger charge is -2.13. The van der Waals surface area contributed by atoms with Crippen molar-refractivity contribution in [1.29, 1.82) is 0 Å². The summed E-state index contributed by atoms with van der Waals surface area (Å²) >= 11 is 0. The first-order chi connectivity index (χ1) is 14.4. The Balaban J connectivity index is 1.38. The highest BCUT2D eigenvalue weighted by Crippen LogP contribution is 2.37. The second-order valence-electron chi connectivity index (χ2n) is 7.36. The molecular formula is C22H23N3O4S. The van der Waals surface area contributed by atoms with Crippen LogP contribution < -0.4 is 9.46 Å². The van der Waals surface area contributed by atoms with Crippen LogP contribution >= 0.6 is 0 Å². The number of sulfonamides is 1. The van der Waals surface area contributed by atoms with Gasteiger partial charge in [-0.3, -0.25) is 9.48 Å². The zero-order valence-corrected chi connectivity index (χ0v) is 17.4. The Hall–Kier alpha value is -2.97. The standard InChI is InChI=1S/C22H23N3O4S/c1-25-15-19(14-23-25)30(27,28)24-9-10-29-18-7-8-20-21(13-18)17(12-22(20)26)11-16-5-3-2-4-6-16/h2-8,13-15,17,24H,9-12H2,1H3. The van der Waals surface area contributed by atoms with Gasteiger partial charge in [0.15, 0.2) is 5.78 Å². The van der Waals surface area contributed by atoms with Gasteiger partial charge in [-0.2, -0.15) is 5.10 Å². The number of fused-ring (bicyclic) bond motifs is 1. The average Bonchev–Trinajstić information content (AvgIpc) is 3.30. The SMILES string of the molecule is Cn1cc(S(=O)(=O)NCCOc2ccc3c(c2)C(Cc2ccccc2)CC3=O)cn1. The molecule has 1 aliphatic carbocycles. The van der Waals surface area contributed by atoms with Crippen LogP contribution in [0.4, 0.5) is 0 Å². The average molecular weight is 426 g/mol. The van der Waals surface area contributed by atoms with Gasteiger partial charge in [-0.25, -0.2) is 13.1 Å². The predicted octanol–water partition coefficient (Wildman–Crippen LogP) is 2.69. The van der Waals surface area contributed by atoms with Crippen molar-refractivity contribution >= 4 is 15.8 Å². The van der Waals surface area contributed by atoms with Gasteiger partial charge in [-0.1, -0.05) is 30.3 Å². The van der Waals surface area contributed by atoms with Crippen LogP contribution in [0, 0.1) is 0 Å². The summed E-state index contributed by atoms with van der Waals surface area (Å²) in [6.07, 6.45) is 4.04. The van der Waals surface area contributed by atoms with Gasteiger partial charge in [0.1, 0.15) is 17.3 Å². The van der Waals surface area contributed by atoms with Crippen LogP contribution in [-0.2, 0) is 23.5 Å². The van der Waals surface area contributed by atoms with Crippen LogP contribution in [0.3, 0.4) is 0 Å². The number of hydrogen-bond donors (Lipinski definition) is 1. The van der Waals surface area contributed by atoms with Crippen molar-refractivity contribution in [2.24, 2.45) is 7.05 Å². The molecule has 8 heteroatoms. The summed E-state index contributed by atoms with van der Waals surface area (Å²) in [5, 5.41) is 3.87. The Bertz CT molecular complexity index is 1160. The fraction of sp³-hybridized carbons (Fsp3) is 0.273. The molecule has 4 rings (SSSR count). The zero-order valence-electron chi connectivity index (χ0n) is 16.6. The van der Waals surface area contributed by atoms with E-state index in [1.807, 2.05) is 24.3 Å². The Labute approximate surface area is 175 Å². The number of benzene rings is 2. The summed E-state index contributed by atoms with van der Waals surface area (Å²) in [5.41, 5.74) is 2.94. The molecule has 30 heavy (non-hydrogen) atoms. The highest BCUT2D eigenvalue weighted by molar-refractivity contribution is 7.89. The number of ether oxygens (including phenoxy) is 1. The van der Waals surface area contributed by atoms with Gasteiger partial charge in [-0.15, -0.1) is 0 Å². The number of rotatable bonds is 8. The smallest absolute Gasteiger partial charge is 0.243 e. The van der Waals surface area contributed by atoms with Crippen LogP contribution in [-0.4, -0.2) is 37.1 Å². The van der Waals surface area contributed by atoms with Crippen LogP contribution in [0.1, 0.15) is 33.8 Å². The molecule has 0 spiro atoms. The van der Waals surface area contributed by atoms with Crippen molar-refractivity contribution in [2.75, 3.05) is 13.2 Å². The van der Waals surface area contributed by atoms with Crippen LogP contribution in [0.5, 0.6) is 5.75 Å². The van der Waals surface area contributed by atoms with E-state index < -0.39 is 10.0 Å². The molecule has 0 bridgehead atoms. The van der Waals surface area contributed by atoms with Gasteiger partial charge in [0.05, 0.1) is 6.20 Å². The van der Waals surface area contributed by atoms with E-state index >= 15 is 0 Å². The first kappa shape index (κ1) is 20.3. The quantitative estimate of drug-likeness (QED) is 0.561. The van der Waals surface area contributed by atoms with E-state index in [-0.39, 0.29) is 29.7 Å². The third-order valence-electron chi connectivity index (χ3n) is 5.17. The molecule has 2 aromatic carbocycles. The number of ketones is 1. The number of carbonyl (C=O) groups is 1. The molecule has 156 valence electrons. The molecule has 1 N–H and O–H groups in total. The van der Waals surface area contributed by atoms with Crippen LogP contribution in [0.25, 0.3) is 0 Å². The second kappa shape index (κ2) is 8.41. The lowest BCUT2D eigenvalue weighted by molar-refractivity contribution is 0.0989. The van der Waals surface area contributed by atoms with Crippen molar-refractivity contribution in [1.82, 2.24) is 14.5 Å². The van der Waals surface area contributed by atoms with E-state index in [0.717, 1.165) is 17.5 Å². The molecule has 0 aliphatic heterocycles. The Morgan fingerprint density at radius 3 is 2.73 bits per heavy atom. The van der Waals surface area contributed by atoms with Crippen LogP contribution in [0.2, 0.25) is 0 Å². The molecule has 3 aromatic rings. The molecule has 1 aliphatic rings. The maximum atomic E-state index is 12.4. The minimum Gasteiger partial charge on any atom is -0.492 e. The number of nitrogens with zero attached hydrogens (tertiary/aromatic N) is 2. The third-order valence-corrected chi connectivity index (χ3v) is 6.59. The highest BCUT2D eigenvalue weighted by Gasteiger charge is 2.29. The summed E-state index contributed by atoms with van der Waals surface area (Å²) in [6, 6.07) is 15.6. The van der Waals surface area contributed by atoms with E-state index in [1.165, 1.54) is 22.6 Å². The fourth-order valence-corrected chi connectivity index (χ4v) is 4.71. The number of Topliss-reactive ketones (excluding diaryl/α,β-unsaturated/α-hetero) is 1. The van der Waals surface area contributed by atoms with E-state index in [2.05, 4.69) is 22.0 Å². The van der Waals surface area contributed by atoms with Gasteiger partial charge in [0.25, 0.3) is 0 Å². The van der Waals surface area contributed by atoms with Gasteiger partial charge in [-0.05, 0) is 41.7 Å². The molecule has 1 heterocycles. The Kier molecular flexibility index (Phi) is 5.69. The first-order valence-electron chi connectivity index (χ1n) is 9.74. The lowest BCUT2D eigenvalue weighted by atomic mass is 9.93. The van der Waals surface area contributed by atoms with E-state index in [1.54, 1.807) is 19.2 Å². The fourth-order valence-electron chi connectivity index (χ4n) is 3.71. The van der Waals surface area contributed by atoms with Gasteiger partial charge in [0, 0.05) is 31.8 Å². The van der Waals surface area contributed by atoms with Crippen molar-refractivity contribution < 1.29 is 17.9 Å². The maximum absolute atomic E-state index is 12.4. The van der Waals surface area contributed by atoms with Gasteiger partial charge >= 0.3 is 0 Å². The molecule has 0 saturated heterocycles. The van der Waals surface area contributed by atoms with Crippen LogP contribution in [0.15, 0.2) is 65.8 Å². The summed E-state index contributed by atoms with van der Waals surface area (Å²) in [5.74, 6) is 0.909. The summed E-state index contributed by atoms with van der Waals surface area (Å²) < 4.78 is 34.1. The lowest BCUT2D eigenvalue weighted by Crippen LogP contribution is -2.28. The number of aromatic nitrogens is 2. The normalized spacial score (nSPS) is 15.9. The van der Waals surface area contributed by atoms with E-state index in [0.29, 0.717) is 12.2 Å². The number of carbonyl (C=O) groups excluding carboxylic acids is 1. The Morgan fingerprint density at radius 2 is 2.00 bits per heavy atom. The topological polar surface area (TPSA) is 90.3 Å². The largest absolute Gasteiger partial charge is 0.492 e. The van der Waals surface area contributed by atoms with Crippen molar-refractivity contribution in [3.8, 4) is 5.75 Å². The minimum atomic E-state index is -3.61. The molecule has 1 aromatic heterocycles. The summed E-state index contributed by atoms with van der Waals surface area (Å²) in [4.78, 5) is 12.5. The molecule has 0 amide bonds. The van der Waals surface area contributed by atoms with Crippen molar-refractivity contribution in [2.45, 2.75) is 23.7 Å². The second-order valence-corrected chi connectivity index (χ2v) is 9.13. The van der Waals surface area contributed by atoms with E-state index in [4.69, 9.17) is 4.74 Å². The highest BCUT2D eigenvalue weighted by atomic mass is 32.2.